The van der Waals surface area contributed by atoms with E-state index in [0.29, 0.717) is 30.1 Å². The third kappa shape index (κ3) is 4.73. The highest BCUT2D eigenvalue weighted by Crippen LogP contribution is 2.40. The predicted octanol–water partition coefficient (Wildman–Crippen LogP) is 3.97. The number of nitrogens with zero attached hydrogens (tertiary/aromatic N) is 3. The zero-order chi connectivity index (χ0) is 24.5. The minimum absolute atomic E-state index is 0.00172. The van der Waals surface area contributed by atoms with Gasteiger partial charge in [0.05, 0.1) is 19.0 Å². The molecule has 0 saturated carbocycles. The lowest BCUT2D eigenvalue weighted by Gasteiger charge is -2.38. The molecule has 2 aliphatic rings. The third-order valence-corrected chi connectivity index (χ3v) is 7.06. The summed E-state index contributed by atoms with van der Waals surface area (Å²) in [7, 11) is 1.45. The molecule has 0 aliphatic carbocycles. The second kappa shape index (κ2) is 9.65. The molecule has 2 aliphatic heterocycles. The number of aromatic nitrogens is 3. The molecule has 182 valence electrons. The molecule has 1 aromatic carbocycles. The van der Waals surface area contributed by atoms with E-state index in [1.165, 1.54) is 13.2 Å². The molecule has 0 unspecified atom stereocenters. The maximum Gasteiger partial charge on any atom is 0.274 e. The molecular formula is C25H25ClFN5O3. The summed E-state index contributed by atoms with van der Waals surface area (Å²) in [5, 5.41) is 10.5. The largest absolute Gasteiger partial charge is 0.481 e. The molecule has 2 aromatic heterocycles. The number of pyridine rings is 1. The molecule has 0 spiro atoms. The summed E-state index contributed by atoms with van der Waals surface area (Å²) in [6.45, 7) is 0.417. The van der Waals surface area contributed by atoms with Crippen LogP contribution in [-0.4, -0.2) is 51.1 Å². The summed E-state index contributed by atoms with van der Waals surface area (Å²) in [6, 6.07) is 10.3. The van der Waals surface area contributed by atoms with Gasteiger partial charge in [-0.05, 0) is 49.4 Å². The van der Waals surface area contributed by atoms with E-state index in [0.717, 1.165) is 24.6 Å². The van der Waals surface area contributed by atoms with E-state index >= 15 is 0 Å². The van der Waals surface area contributed by atoms with Crippen molar-refractivity contribution in [3.8, 4) is 17.1 Å². The van der Waals surface area contributed by atoms with E-state index in [1.54, 1.807) is 12.1 Å². The minimum atomic E-state index is -0.543. The number of rotatable bonds is 6. The van der Waals surface area contributed by atoms with Crippen molar-refractivity contribution in [3.63, 3.8) is 0 Å². The lowest BCUT2D eigenvalue weighted by atomic mass is 9.89. The van der Waals surface area contributed by atoms with Crippen molar-refractivity contribution >= 4 is 23.4 Å². The number of methoxy groups -OCH3 is 1. The number of H-pyrrole nitrogens is 1. The predicted molar refractivity (Wildman–Crippen MR) is 127 cm³/mol. The van der Waals surface area contributed by atoms with Gasteiger partial charge in [0.15, 0.2) is 11.5 Å². The van der Waals surface area contributed by atoms with Gasteiger partial charge in [0.2, 0.25) is 11.8 Å². The molecule has 2 N–H and O–H groups in total. The lowest BCUT2D eigenvalue weighted by Crippen LogP contribution is -2.49. The topological polar surface area (TPSA) is 100 Å². The molecule has 2 saturated heterocycles. The van der Waals surface area contributed by atoms with Gasteiger partial charge in [0, 0.05) is 41.2 Å². The molecule has 4 heterocycles. The Morgan fingerprint density at radius 1 is 1.23 bits per heavy atom. The van der Waals surface area contributed by atoms with Crippen molar-refractivity contribution < 1.29 is 18.7 Å². The van der Waals surface area contributed by atoms with Crippen LogP contribution < -0.4 is 10.1 Å². The van der Waals surface area contributed by atoms with E-state index in [2.05, 4.69) is 20.5 Å². The van der Waals surface area contributed by atoms with Crippen molar-refractivity contribution in [3.05, 3.63) is 64.7 Å². The van der Waals surface area contributed by atoms with Gasteiger partial charge >= 0.3 is 0 Å². The Balaban J connectivity index is 1.25. The van der Waals surface area contributed by atoms with Crippen molar-refractivity contribution in [1.29, 1.82) is 0 Å². The number of hydrogen-bond acceptors (Lipinski definition) is 5. The second-order valence-electron chi connectivity index (χ2n) is 8.99. The molecular weight excluding hydrogens is 473 g/mol. The van der Waals surface area contributed by atoms with Crippen LogP contribution in [0.15, 0.2) is 42.6 Å². The van der Waals surface area contributed by atoms with E-state index in [9.17, 15) is 14.0 Å². The number of hydrogen-bond donors (Lipinski definition) is 2. The SMILES string of the molecule is COc1cc(-c2cc(C(=O)N3[C@@H]4CC[C@H]3C[C@H](C(=O)NCc3cccc(Cl)c3)C4)n[nH]2)c(F)cn1. The number of aromatic amines is 1. The molecule has 2 bridgehead atoms. The average molecular weight is 498 g/mol. The van der Waals surface area contributed by atoms with Gasteiger partial charge < -0.3 is 15.0 Å². The number of carbonyl (C=O) groups is 2. The Labute approximate surface area is 206 Å². The molecule has 2 amide bonds. The fourth-order valence-electron chi connectivity index (χ4n) is 5.14. The maximum atomic E-state index is 14.3. The van der Waals surface area contributed by atoms with Crippen LogP contribution in [0.4, 0.5) is 4.39 Å². The highest BCUT2D eigenvalue weighted by atomic mass is 35.5. The van der Waals surface area contributed by atoms with Gasteiger partial charge in [-0.15, -0.1) is 0 Å². The number of nitrogens with one attached hydrogen (secondary N) is 2. The van der Waals surface area contributed by atoms with Crippen molar-refractivity contribution in [1.82, 2.24) is 25.4 Å². The first-order valence-electron chi connectivity index (χ1n) is 11.5. The molecule has 35 heavy (non-hydrogen) atoms. The number of amides is 2. The molecule has 8 nitrogen and oxygen atoms in total. The summed E-state index contributed by atoms with van der Waals surface area (Å²) in [5.74, 6) is -0.642. The monoisotopic (exact) mass is 497 g/mol. The Morgan fingerprint density at radius 3 is 2.71 bits per heavy atom. The van der Waals surface area contributed by atoms with Gasteiger partial charge in [-0.2, -0.15) is 5.10 Å². The average Bonchev–Trinajstić information content (AvgIpc) is 3.45. The third-order valence-electron chi connectivity index (χ3n) is 6.82. The first-order chi connectivity index (χ1) is 16.9. The number of halogens is 2. The van der Waals surface area contributed by atoms with Gasteiger partial charge in [0.25, 0.3) is 5.91 Å². The van der Waals surface area contributed by atoms with Crippen LogP contribution in [0, 0.1) is 11.7 Å². The van der Waals surface area contributed by atoms with E-state index < -0.39 is 5.82 Å². The number of ether oxygens (including phenoxy) is 1. The molecule has 10 heteroatoms. The Hall–Kier alpha value is -3.46. The molecule has 0 radical (unpaired) electrons. The number of benzene rings is 1. The lowest BCUT2D eigenvalue weighted by molar-refractivity contribution is -0.127. The smallest absolute Gasteiger partial charge is 0.274 e. The molecule has 2 fully saturated rings. The summed E-state index contributed by atoms with van der Waals surface area (Å²) in [4.78, 5) is 31.9. The Morgan fingerprint density at radius 2 is 2.00 bits per heavy atom. The quantitative estimate of drug-likeness (QED) is 0.536. The van der Waals surface area contributed by atoms with Crippen LogP contribution in [-0.2, 0) is 11.3 Å². The first-order valence-corrected chi connectivity index (χ1v) is 11.9. The standard InChI is InChI=1S/C25H25ClFN5O3/c1-35-23-10-19(20(27)13-28-23)21-11-22(31-30-21)25(34)32-17-5-6-18(32)9-15(8-17)24(33)29-12-14-3-2-4-16(26)7-14/h2-4,7,10-11,13,15,17-18H,5-6,8-9,12H2,1H3,(H,29,33)(H,30,31)/t15-,17-,18+. The second-order valence-corrected chi connectivity index (χ2v) is 9.42. The Kier molecular flexibility index (Phi) is 6.42. The number of piperidine rings is 1. The fraction of sp³-hybridized carbons (Fsp3) is 0.360. The van der Waals surface area contributed by atoms with E-state index in [-0.39, 0.29) is 47.0 Å². The van der Waals surface area contributed by atoms with Gasteiger partial charge in [0.1, 0.15) is 0 Å². The molecule has 5 rings (SSSR count). The van der Waals surface area contributed by atoms with Gasteiger partial charge in [-0.1, -0.05) is 23.7 Å². The summed E-state index contributed by atoms with van der Waals surface area (Å²) in [5.41, 5.74) is 1.76. The Bertz CT molecular complexity index is 1250. The number of carbonyl (C=O) groups excluding carboxylic acids is 2. The van der Waals surface area contributed by atoms with Crippen LogP contribution >= 0.6 is 11.6 Å². The summed E-state index contributed by atoms with van der Waals surface area (Å²) >= 11 is 6.02. The normalized spacial score (nSPS) is 21.1. The maximum absolute atomic E-state index is 14.3. The van der Waals surface area contributed by atoms with E-state index in [4.69, 9.17) is 16.3 Å². The zero-order valence-electron chi connectivity index (χ0n) is 19.1. The van der Waals surface area contributed by atoms with Gasteiger partial charge in [-0.25, -0.2) is 9.37 Å². The van der Waals surface area contributed by atoms with Crippen LogP contribution in [0.3, 0.4) is 0 Å². The van der Waals surface area contributed by atoms with Crippen LogP contribution in [0.25, 0.3) is 11.3 Å². The van der Waals surface area contributed by atoms with Crippen molar-refractivity contribution in [2.75, 3.05) is 7.11 Å². The van der Waals surface area contributed by atoms with Crippen LogP contribution in [0.1, 0.15) is 41.7 Å². The first kappa shape index (κ1) is 23.3. The highest BCUT2D eigenvalue weighted by Gasteiger charge is 2.45. The minimum Gasteiger partial charge on any atom is -0.481 e. The van der Waals surface area contributed by atoms with Crippen molar-refractivity contribution in [2.45, 2.75) is 44.3 Å². The molecule has 3 atom stereocenters. The van der Waals surface area contributed by atoms with Crippen molar-refractivity contribution in [2.24, 2.45) is 5.92 Å². The van der Waals surface area contributed by atoms with Crippen LogP contribution in [0.2, 0.25) is 5.02 Å². The zero-order valence-corrected chi connectivity index (χ0v) is 19.9. The highest BCUT2D eigenvalue weighted by molar-refractivity contribution is 6.30. The molecule has 3 aromatic rings. The fourth-order valence-corrected chi connectivity index (χ4v) is 5.36. The number of fused-ring (bicyclic) bond motifs is 2. The van der Waals surface area contributed by atoms with Crippen LogP contribution in [0.5, 0.6) is 5.88 Å². The summed E-state index contributed by atoms with van der Waals surface area (Å²) in [6.07, 6.45) is 3.98. The van der Waals surface area contributed by atoms with Gasteiger partial charge in [-0.3, -0.25) is 14.7 Å². The summed E-state index contributed by atoms with van der Waals surface area (Å²) < 4.78 is 19.4. The van der Waals surface area contributed by atoms with E-state index in [1.807, 2.05) is 23.1 Å².